The number of hydrogen-bond acceptors (Lipinski definition) is 5. The smallest absolute Gasteiger partial charge is 0.339 e. The average molecular weight is 322 g/mol. The topological polar surface area (TPSA) is 107 Å². The standard InChI is InChI=1S/C14H12ClN3O4/c1-21-13(19)10-4-2-8(6-11(10)15)12-5-3-9(22-12)7-17-18-14(16)20/h2-7H,1H3,(H3,16,18,20)/b17-7+. The number of nitrogens with two attached hydrogens (primary N) is 1. The van der Waals surface area contributed by atoms with Crippen molar-refractivity contribution >= 4 is 29.8 Å². The Balaban J connectivity index is 2.21. The molecule has 1 aromatic carbocycles. The van der Waals surface area contributed by atoms with E-state index in [1.54, 1.807) is 30.3 Å². The molecule has 0 saturated carbocycles. The largest absolute Gasteiger partial charge is 0.465 e. The zero-order valence-corrected chi connectivity index (χ0v) is 12.3. The number of amides is 2. The second kappa shape index (κ2) is 6.77. The molecule has 3 N–H and O–H groups in total. The highest BCUT2D eigenvalue weighted by Crippen LogP contribution is 2.27. The number of carbonyl (C=O) groups excluding carboxylic acids is 2. The fourth-order valence-electron chi connectivity index (χ4n) is 1.68. The summed E-state index contributed by atoms with van der Waals surface area (Å²) >= 11 is 6.05. The van der Waals surface area contributed by atoms with Crippen LogP contribution in [0.1, 0.15) is 16.1 Å². The monoisotopic (exact) mass is 321 g/mol. The van der Waals surface area contributed by atoms with E-state index in [1.807, 2.05) is 0 Å². The Morgan fingerprint density at radius 1 is 1.36 bits per heavy atom. The Bertz CT molecular complexity index is 739. The molecule has 0 unspecified atom stereocenters. The van der Waals surface area contributed by atoms with Gasteiger partial charge >= 0.3 is 12.0 Å². The van der Waals surface area contributed by atoms with Gasteiger partial charge < -0.3 is 14.9 Å². The molecule has 0 spiro atoms. The molecule has 0 saturated heterocycles. The normalized spacial score (nSPS) is 10.6. The molecule has 1 aromatic heterocycles. The number of rotatable bonds is 4. The number of benzene rings is 1. The van der Waals surface area contributed by atoms with E-state index in [9.17, 15) is 9.59 Å². The number of halogens is 1. The summed E-state index contributed by atoms with van der Waals surface area (Å²) in [7, 11) is 1.28. The summed E-state index contributed by atoms with van der Waals surface area (Å²) in [6.45, 7) is 0. The first-order chi connectivity index (χ1) is 10.5. The predicted molar refractivity (Wildman–Crippen MR) is 80.8 cm³/mol. The van der Waals surface area contributed by atoms with E-state index in [-0.39, 0.29) is 10.6 Å². The van der Waals surface area contributed by atoms with E-state index in [4.69, 9.17) is 21.8 Å². The lowest BCUT2D eigenvalue weighted by Gasteiger charge is -2.04. The molecule has 1 heterocycles. The van der Waals surface area contributed by atoms with Crippen molar-refractivity contribution in [3.8, 4) is 11.3 Å². The Kier molecular flexibility index (Phi) is 4.80. The number of esters is 1. The maximum atomic E-state index is 11.5. The van der Waals surface area contributed by atoms with Gasteiger partial charge in [0.05, 0.1) is 23.9 Å². The third-order valence-electron chi connectivity index (χ3n) is 2.65. The van der Waals surface area contributed by atoms with Crippen LogP contribution < -0.4 is 11.2 Å². The van der Waals surface area contributed by atoms with Crippen LogP contribution in [0.5, 0.6) is 0 Å². The van der Waals surface area contributed by atoms with Crippen LogP contribution >= 0.6 is 11.6 Å². The van der Waals surface area contributed by atoms with Gasteiger partial charge in [0.1, 0.15) is 11.5 Å². The van der Waals surface area contributed by atoms with Crippen LogP contribution in [-0.2, 0) is 4.74 Å². The number of primary amides is 1. The average Bonchev–Trinajstić information content (AvgIpc) is 2.95. The maximum Gasteiger partial charge on any atom is 0.339 e. The molecule has 2 rings (SSSR count). The van der Waals surface area contributed by atoms with Crippen LogP contribution in [0.2, 0.25) is 5.02 Å². The second-order valence-electron chi connectivity index (χ2n) is 4.12. The molecule has 0 fully saturated rings. The van der Waals surface area contributed by atoms with E-state index in [2.05, 4.69) is 15.3 Å². The molecule has 22 heavy (non-hydrogen) atoms. The third kappa shape index (κ3) is 3.64. The molecule has 0 aliphatic carbocycles. The summed E-state index contributed by atoms with van der Waals surface area (Å²) in [6.07, 6.45) is 1.30. The Morgan fingerprint density at radius 3 is 2.77 bits per heavy atom. The summed E-state index contributed by atoms with van der Waals surface area (Å²) in [5, 5.41) is 3.84. The van der Waals surface area contributed by atoms with Crippen molar-refractivity contribution in [3.05, 3.63) is 46.7 Å². The lowest BCUT2D eigenvalue weighted by Crippen LogP contribution is -2.24. The van der Waals surface area contributed by atoms with Gasteiger partial charge in [-0.1, -0.05) is 17.7 Å². The number of methoxy groups -OCH3 is 1. The van der Waals surface area contributed by atoms with Gasteiger partial charge in [0.15, 0.2) is 0 Å². The van der Waals surface area contributed by atoms with Gasteiger partial charge in [-0.25, -0.2) is 15.0 Å². The van der Waals surface area contributed by atoms with Crippen LogP contribution in [0.4, 0.5) is 4.79 Å². The predicted octanol–water partition coefficient (Wildman–Crippen LogP) is 2.39. The van der Waals surface area contributed by atoms with Gasteiger partial charge in [-0.15, -0.1) is 0 Å². The van der Waals surface area contributed by atoms with E-state index in [1.165, 1.54) is 13.3 Å². The van der Waals surface area contributed by atoms with Gasteiger partial charge in [0.25, 0.3) is 0 Å². The molecular weight excluding hydrogens is 310 g/mol. The number of hydrogen-bond donors (Lipinski definition) is 2. The Hall–Kier alpha value is -2.80. The van der Waals surface area contributed by atoms with Crippen molar-refractivity contribution in [2.75, 3.05) is 7.11 Å². The lowest BCUT2D eigenvalue weighted by molar-refractivity contribution is 0.0601. The van der Waals surface area contributed by atoms with Gasteiger partial charge in [-0.3, -0.25) is 0 Å². The van der Waals surface area contributed by atoms with Gasteiger partial charge in [-0.2, -0.15) is 5.10 Å². The maximum absolute atomic E-state index is 11.5. The van der Waals surface area contributed by atoms with Crippen molar-refractivity contribution in [2.45, 2.75) is 0 Å². The number of furan rings is 1. The first-order valence-electron chi connectivity index (χ1n) is 6.08. The number of urea groups is 1. The van der Waals surface area contributed by atoms with Crippen molar-refractivity contribution in [1.29, 1.82) is 0 Å². The molecular formula is C14H12ClN3O4. The lowest BCUT2D eigenvalue weighted by atomic mass is 10.1. The first kappa shape index (κ1) is 15.6. The van der Waals surface area contributed by atoms with E-state index < -0.39 is 12.0 Å². The molecule has 8 heteroatoms. The molecule has 114 valence electrons. The molecule has 0 aliphatic rings. The molecule has 0 bridgehead atoms. The molecule has 2 amide bonds. The SMILES string of the molecule is COC(=O)c1ccc(-c2ccc(/C=N/NC(N)=O)o2)cc1Cl. The second-order valence-corrected chi connectivity index (χ2v) is 4.53. The van der Waals surface area contributed by atoms with Gasteiger partial charge in [0.2, 0.25) is 0 Å². The third-order valence-corrected chi connectivity index (χ3v) is 2.96. The highest BCUT2D eigenvalue weighted by Gasteiger charge is 2.12. The number of nitrogens with zero attached hydrogens (tertiary/aromatic N) is 1. The minimum atomic E-state index is -0.770. The highest BCUT2D eigenvalue weighted by molar-refractivity contribution is 6.33. The fourth-order valence-corrected chi connectivity index (χ4v) is 1.94. The summed E-state index contributed by atoms with van der Waals surface area (Å²) in [6, 6.07) is 7.41. The van der Waals surface area contributed by atoms with Crippen LogP contribution in [0.25, 0.3) is 11.3 Å². The number of nitrogens with one attached hydrogen (secondary N) is 1. The van der Waals surface area contributed by atoms with Crippen LogP contribution in [-0.4, -0.2) is 25.3 Å². The van der Waals surface area contributed by atoms with Crippen LogP contribution in [0.15, 0.2) is 39.9 Å². The summed E-state index contributed by atoms with van der Waals surface area (Å²) in [4.78, 5) is 21.9. The molecule has 0 aliphatic heterocycles. The van der Waals surface area contributed by atoms with E-state index in [0.717, 1.165) is 0 Å². The first-order valence-corrected chi connectivity index (χ1v) is 6.45. The minimum Gasteiger partial charge on any atom is -0.465 e. The summed E-state index contributed by atoms with van der Waals surface area (Å²) in [5.74, 6) is 0.428. The fraction of sp³-hybridized carbons (Fsp3) is 0.0714. The Morgan fingerprint density at radius 2 is 2.14 bits per heavy atom. The number of carbonyl (C=O) groups is 2. The van der Waals surface area contributed by atoms with Crippen molar-refractivity contribution in [1.82, 2.24) is 5.43 Å². The van der Waals surface area contributed by atoms with Crippen LogP contribution in [0.3, 0.4) is 0 Å². The van der Waals surface area contributed by atoms with Crippen molar-refractivity contribution in [2.24, 2.45) is 10.8 Å². The minimum absolute atomic E-state index is 0.256. The van der Waals surface area contributed by atoms with Gasteiger partial charge in [-0.05, 0) is 24.3 Å². The highest BCUT2D eigenvalue weighted by atomic mass is 35.5. The molecule has 2 aromatic rings. The molecule has 0 atom stereocenters. The van der Waals surface area contributed by atoms with E-state index >= 15 is 0 Å². The number of ether oxygens (including phenoxy) is 1. The number of hydrazone groups is 1. The Labute approximate surface area is 130 Å². The summed E-state index contributed by atoms with van der Waals surface area (Å²) in [5.41, 5.74) is 7.88. The van der Waals surface area contributed by atoms with Crippen LogP contribution in [0, 0.1) is 0 Å². The van der Waals surface area contributed by atoms with Crippen molar-refractivity contribution in [3.63, 3.8) is 0 Å². The molecule has 7 nitrogen and oxygen atoms in total. The zero-order chi connectivity index (χ0) is 16.1. The zero-order valence-electron chi connectivity index (χ0n) is 11.5. The van der Waals surface area contributed by atoms with Gasteiger partial charge in [0, 0.05) is 5.56 Å². The van der Waals surface area contributed by atoms with Crippen molar-refractivity contribution < 1.29 is 18.7 Å². The summed E-state index contributed by atoms with van der Waals surface area (Å²) < 4.78 is 10.1. The molecule has 0 radical (unpaired) electrons. The van der Waals surface area contributed by atoms with E-state index in [0.29, 0.717) is 17.1 Å². The quantitative estimate of drug-likeness (QED) is 0.512.